The molecule has 2 rings (SSSR count). The molecule has 1 N–H and O–H groups in total. The zero-order valence-corrected chi connectivity index (χ0v) is 11.9. The van der Waals surface area contributed by atoms with E-state index in [4.69, 9.17) is 4.74 Å². The molecule has 1 unspecified atom stereocenters. The van der Waals surface area contributed by atoms with Gasteiger partial charge in [0.05, 0.1) is 7.11 Å². The van der Waals surface area contributed by atoms with E-state index < -0.39 is 0 Å². The average Bonchev–Trinajstić information content (AvgIpc) is 2.83. The van der Waals surface area contributed by atoms with Crippen molar-refractivity contribution in [3.63, 3.8) is 0 Å². The van der Waals surface area contributed by atoms with E-state index in [1.807, 2.05) is 29.5 Å². The molecule has 1 aromatic carbocycles. The topological polar surface area (TPSA) is 21.3 Å². The first-order valence-electron chi connectivity index (χ1n) is 6.12. The van der Waals surface area contributed by atoms with Gasteiger partial charge in [-0.05, 0) is 32.0 Å². The Bertz CT molecular complexity index is 507. The highest BCUT2D eigenvalue weighted by Crippen LogP contribution is 2.23. The molecule has 1 heterocycles. The number of para-hydroxylation sites is 1. The summed E-state index contributed by atoms with van der Waals surface area (Å²) in [7, 11) is 1.71. The molecule has 0 radical (unpaired) electrons. The molecule has 0 aliphatic rings. The zero-order chi connectivity index (χ0) is 13.0. The third-order valence-corrected chi connectivity index (χ3v) is 4.16. The van der Waals surface area contributed by atoms with Crippen LogP contribution in [0.4, 0.5) is 0 Å². The number of ether oxygens (including phenoxy) is 1. The number of thiophene rings is 1. The maximum Gasteiger partial charge on any atom is 0.123 e. The van der Waals surface area contributed by atoms with Crippen LogP contribution in [0.5, 0.6) is 5.75 Å². The Labute approximate surface area is 113 Å². The molecule has 18 heavy (non-hydrogen) atoms. The van der Waals surface area contributed by atoms with Crippen molar-refractivity contribution in [3.8, 4) is 5.75 Å². The van der Waals surface area contributed by atoms with Crippen LogP contribution in [-0.2, 0) is 6.54 Å². The Morgan fingerprint density at radius 1 is 1.22 bits per heavy atom. The van der Waals surface area contributed by atoms with Crippen molar-refractivity contribution < 1.29 is 4.74 Å². The lowest BCUT2D eigenvalue weighted by molar-refractivity contribution is 0.406. The number of methoxy groups -OCH3 is 1. The Morgan fingerprint density at radius 2 is 2.00 bits per heavy atom. The SMILES string of the molecule is COc1ccccc1CNC(C)c1ccc(C)s1. The van der Waals surface area contributed by atoms with Gasteiger partial charge in [-0.15, -0.1) is 11.3 Å². The minimum absolute atomic E-state index is 0.369. The summed E-state index contributed by atoms with van der Waals surface area (Å²) in [5.41, 5.74) is 1.19. The summed E-state index contributed by atoms with van der Waals surface area (Å²) < 4.78 is 5.35. The van der Waals surface area contributed by atoms with Gasteiger partial charge in [-0.2, -0.15) is 0 Å². The molecule has 0 aliphatic heterocycles. The van der Waals surface area contributed by atoms with Crippen LogP contribution in [0, 0.1) is 6.92 Å². The van der Waals surface area contributed by atoms with Crippen molar-refractivity contribution >= 4 is 11.3 Å². The van der Waals surface area contributed by atoms with E-state index >= 15 is 0 Å². The van der Waals surface area contributed by atoms with E-state index in [1.54, 1.807) is 7.11 Å². The fourth-order valence-corrected chi connectivity index (χ4v) is 2.80. The molecule has 0 amide bonds. The lowest BCUT2D eigenvalue weighted by Gasteiger charge is -2.14. The Kier molecular flexibility index (Phi) is 4.39. The number of hydrogen-bond acceptors (Lipinski definition) is 3. The van der Waals surface area contributed by atoms with Crippen LogP contribution in [0.3, 0.4) is 0 Å². The minimum Gasteiger partial charge on any atom is -0.496 e. The second-order valence-electron chi connectivity index (χ2n) is 4.36. The average molecular weight is 261 g/mol. The summed E-state index contributed by atoms with van der Waals surface area (Å²) in [5, 5.41) is 3.53. The predicted molar refractivity (Wildman–Crippen MR) is 77.3 cm³/mol. The number of aryl methyl sites for hydroxylation is 1. The van der Waals surface area contributed by atoms with Crippen LogP contribution in [0.25, 0.3) is 0 Å². The van der Waals surface area contributed by atoms with Gasteiger partial charge >= 0.3 is 0 Å². The van der Waals surface area contributed by atoms with Crippen molar-refractivity contribution in [1.82, 2.24) is 5.32 Å². The number of hydrogen-bond donors (Lipinski definition) is 1. The van der Waals surface area contributed by atoms with Crippen LogP contribution in [0.15, 0.2) is 36.4 Å². The highest BCUT2D eigenvalue weighted by atomic mass is 32.1. The number of benzene rings is 1. The zero-order valence-electron chi connectivity index (χ0n) is 11.1. The normalized spacial score (nSPS) is 12.4. The second kappa shape index (κ2) is 6.03. The highest BCUT2D eigenvalue weighted by Gasteiger charge is 2.08. The third-order valence-electron chi connectivity index (χ3n) is 2.98. The van der Waals surface area contributed by atoms with Crippen LogP contribution < -0.4 is 10.1 Å². The molecule has 96 valence electrons. The molecule has 0 fully saturated rings. The summed E-state index contributed by atoms with van der Waals surface area (Å²) in [5.74, 6) is 0.944. The predicted octanol–water partition coefficient (Wildman–Crippen LogP) is 3.92. The summed E-state index contributed by atoms with van der Waals surface area (Å²) in [6, 6.07) is 12.9. The molecule has 0 aliphatic carbocycles. The molecule has 2 nitrogen and oxygen atoms in total. The Hall–Kier alpha value is -1.32. The van der Waals surface area contributed by atoms with E-state index in [9.17, 15) is 0 Å². The van der Waals surface area contributed by atoms with Crippen LogP contribution in [-0.4, -0.2) is 7.11 Å². The second-order valence-corrected chi connectivity index (χ2v) is 5.68. The van der Waals surface area contributed by atoms with E-state index in [0.717, 1.165) is 12.3 Å². The van der Waals surface area contributed by atoms with Gasteiger partial charge in [0.25, 0.3) is 0 Å². The third kappa shape index (κ3) is 3.12. The van der Waals surface area contributed by atoms with Crippen molar-refractivity contribution in [2.24, 2.45) is 0 Å². The van der Waals surface area contributed by atoms with Crippen molar-refractivity contribution in [2.75, 3.05) is 7.11 Å². The molecule has 1 aromatic heterocycles. The minimum atomic E-state index is 0.369. The maximum absolute atomic E-state index is 5.35. The summed E-state index contributed by atoms with van der Waals surface area (Å²) in [6.07, 6.45) is 0. The first kappa shape index (κ1) is 13.1. The van der Waals surface area contributed by atoms with Gasteiger partial charge in [0.2, 0.25) is 0 Å². The van der Waals surface area contributed by atoms with Gasteiger partial charge in [-0.25, -0.2) is 0 Å². The molecule has 0 saturated heterocycles. The van der Waals surface area contributed by atoms with Gasteiger partial charge < -0.3 is 10.1 Å². The van der Waals surface area contributed by atoms with Gasteiger partial charge in [-0.1, -0.05) is 18.2 Å². The molecular weight excluding hydrogens is 242 g/mol. The van der Waals surface area contributed by atoms with Crippen LogP contribution >= 0.6 is 11.3 Å². The van der Waals surface area contributed by atoms with Gasteiger partial charge in [-0.3, -0.25) is 0 Å². The highest BCUT2D eigenvalue weighted by molar-refractivity contribution is 7.12. The summed E-state index contributed by atoms with van der Waals surface area (Å²) in [4.78, 5) is 2.73. The van der Waals surface area contributed by atoms with Crippen LogP contribution in [0.1, 0.15) is 28.3 Å². The van der Waals surface area contributed by atoms with E-state index in [-0.39, 0.29) is 0 Å². The molecule has 0 saturated carbocycles. The fourth-order valence-electron chi connectivity index (χ4n) is 1.90. The molecule has 2 aromatic rings. The maximum atomic E-state index is 5.35. The summed E-state index contributed by atoms with van der Waals surface area (Å²) >= 11 is 1.85. The molecule has 1 atom stereocenters. The summed E-state index contributed by atoms with van der Waals surface area (Å²) in [6.45, 7) is 5.16. The van der Waals surface area contributed by atoms with Crippen molar-refractivity contribution in [3.05, 3.63) is 51.7 Å². The largest absolute Gasteiger partial charge is 0.496 e. The quantitative estimate of drug-likeness (QED) is 0.881. The van der Waals surface area contributed by atoms with Crippen LogP contribution in [0.2, 0.25) is 0 Å². The standard InChI is InChI=1S/C15H19NOS/c1-11-8-9-15(18-11)12(2)16-10-13-6-4-5-7-14(13)17-3/h4-9,12,16H,10H2,1-3H3. The first-order chi connectivity index (χ1) is 8.70. The van der Waals surface area contributed by atoms with Gasteiger partial charge in [0, 0.05) is 27.9 Å². The molecule has 0 spiro atoms. The molecule has 0 bridgehead atoms. The van der Waals surface area contributed by atoms with Crippen molar-refractivity contribution in [2.45, 2.75) is 26.4 Å². The molecular formula is C15H19NOS. The Morgan fingerprint density at radius 3 is 2.67 bits per heavy atom. The van der Waals surface area contributed by atoms with Crippen molar-refractivity contribution in [1.29, 1.82) is 0 Å². The smallest absolute Gasteiger partial charge is 0.123 e. The van der Waals surface area contributed by atoms with E-state index in [1.165, 1.54) is 15.3 Å². The van der Waals surface area contributed by atoms with Gasteiger partial charge in [0.1, 0.15) is 5.75 Å². The van der Waals surface area contributed by atoms with E-state index in [2.05, 4.69) is 37.4 Å². The lowest BCUT2D eigenvalue weighted by atomic mass is 10.2. The first-order valence-corrected chi connectivity index (χ1v) is 6.94. The van der Waals surface area contributed by atoms with Gasteiger partial charge in [0.15, 0.2) is 0 Å². The number of nitrogens with one attached hydrogen (secondary N) is 1. The monoisotopic (exact) mass is 261 g/mol. The number of rotatable bonds is 5. The fraction of sp³-hybridized carbons (Fsp3) is 0.333. The lowest BCUT2D eigenvalue weighted by Crippen LogP contribution is -2.17. The van der Waals surface area contributed by atoms with E-state index in [0.29, 0.717) is 6.04 Å². The Balaban J connectivity index is 1.99. The molecule has 3 heteroatoms.